The van der Waals surface area contributed by atoms with Gasteiger partial charge in [0.05, 0.1) is 18.2 Å². The van der Waals surface area contributed by atoms with E-state index in [9.17, 15) is 14.7 Å². The molecule has 3 rings (SSSR count). The van der Waals surface area contributed by atoms with Crippen LogP contribution in [0.4, 0.5) is 4.79 Å². The molecule has 3 aromatic rings. The molecule has 1 N–H and O–H groups in total. The molecule has 0 atom stereocenters. The van der Waals surface area contributed by atoms with Crippen molar-refractivity contribution in [1.82, 2.24) is 4.57 Å². The smallest absolute Gasteiger partial charge is 0.416 e. The molecule has 25 heavy (non-hydrogen) atoms. The number of benzene rings is 2. The molecule has 0 radical (unpaired) electrons. The van der Waals surface area contributed by atoms with Crippen molar-refractivity contribution in [2.24, 2.45) is 0 Å². The number of hydrogen-bond donors (Lipinski definition) is 1. The molecule has 2 aromatic carbocycles. The fourth-order valence-corrected chi connectivity index (χ4v) is 2.78. The summed E-state index contributed by atoms with van der Waals surface area (Å²) >= 11 is 0. The number of aromatic nitrogens is 1. The number of fused-ring (bicyclic) bond motifs is 1. The summed E-state index contributed by atoms with van der Waals surface area (Å²) in [6.45, 7) is 3.65. The standard InChI is InChI=1S/C19H17NO5/c1-11-12(2)20(19(22)23)17-9-8-15(10-16(11)17)25-14-6-4-13(5-7-14)18(21)24-3/h4-10H,1-3H3,(H,22,23). The van der Waals surface area contributed by atoms with E-state index >= 15 is 0 Å². The third-order valence-electron chi connectivity index (χ3n) is 4.19. The van der Waals surface area contributed by atoms with Gasteiger partial charge in [-0.15, -0.1) is 0 Å². The highest BCUT2D eigenvalue weighted by atomic mass is 16.5. The zero-order chi connectivity index (χ0) is 18.1. The molecular formula is C19H17NO5. The summed E-state index contributed by atoms with van der Waals surface area (Å²) in [4.78, 5) is 22.9. The van der Waals surface area contributed by atoms with Gasteiger partial charge in [0.1, 0.15) is 11.5 Å². The van der Waals surface area contributed by atoms with Crippen LogP contribution in [0, 0.1) is 13.8 Å². The maximum absolute atomic E-state index is 11.4. The Balaban J connectivity index is 1.94. The molecule has 0 fully saturated rings. The van der Waals surface area contributed by atoms with E-state index in [4.69, 9.17) is 4.74 Å². The minimum atomic E-state index is -1.01. The van der Waals surface area contributed by atoms with Crippen LogP contribution in [0.2, 0.25) is 0 Å². The van der Waals surface area contributed by atoms with Crippen LogP contribution in [-0.2, 0) is 4.74 Å². The van der Waals surface area contributed by atoms with E-state index in [1.807, 2.05) is 13.0 Å². The molecule has 0 saturated carbocycles. The molecule has 128 valence electrons. The largest absolute Gasteiger partial charge is 0.465 e. The number of carboxylic acid groups (broad SMARTS) is 1. The van der Waals surface area contributed by atoms with Crippen molar-refractivity contribution in [3.05, 3.63) is 59.3 Å². The first-order valence-corrected chi connectivity index (χ1v) is 7.63. The minimum absolute atomic E-state index is 0.408. The summed E-state index contributed by atoms with van der Waals surface area (Å²) in [5.41, 5.74) is 2.64. The second-order valence-corrected chi connectivity index (χ2v) is 5.63. The Labute approximate surface area is 144 Å². The van der Waals surface area contributed by atoms with E-state index in [2.05, 4.69) is 4.74 Å². The molecule has 0 amide bonds. The summed E-state index contributed by atoms with van der Waals surface area (Å²) in [5, 5.41) is 10.2. The summed E-state index contributed by atoms with van der Waals surface area (Å²) in [7, 11) is 1.33. The number of esters is 1. The third kappa shape index (κ3) is 2.94. The Bertz CT molecular complexity index is 970. The molecule has 0 unspecified atom stereocenters. The molecule has 0 saturated heterocycles. The van der Waals surface area contributed by atoms with E-state index in [0.717, 1.165) is 10.9 Å². The molecule has 0 bridgehead atoms. The first-order chi connectivity index (χ1) is 11.9. The van der Waals surface area contributed by atoms with Crippen molar-refractivity contribution in [3.63, 3.8) is 0 Å². The number of methoxy groups -OCH3 is 1. The normalized spacial score (nSPS) is 10.7. The second kappa shape index (κ2) is 6.32. The van der Waals surface area contributed by atoms with Crippen LogP contribution < -0.4 is 4.74 Å². The first-order valence-electron chi connectivity index (χ1n) is 7.63. The highest BCUT2D eigenvalue weighted by Crippen LogP contribution is 2.31. The van der Waals surface area contributed by atoms with Gasteiger partial charge in [-0.3, -0.25) is 0 Å². The lowest BCUT2D eigenvalue weighted by Gasteiger charge is -2.07. The predicted octanol–water partition coefficient (Wildman–Crippen LogP) is 4.36. The third-order valence-corrected chi connectivity index (χ3v) is 4.19. The Morgan fingerprint density at radius 1 is 1.00 bits per heavy atom. The molecule has 0 aliphatic rings. The van der Waals surface area contributed by atoms with E-state index in [1.165, 1.54) is 11.7 Å². The Kier molecular flexibility index (Phi) is 4.19. The maximum atomic E-state index is 11.4. The lowest BCUT2D eigenvalue weighted by Crippen LogP contribution is -2.09. The van der Waals surface area contributed by atoms with Crippen LogP contribution in [0.1, 0.15) is 21.6 Å². The summed E-state index contributed by atoms with van der Waals surface area (Å²) in [6.07, 6.45) is -1.01. The van der Waals surface area contributed by atoms with Gasteiger partial charge >= 0.3 is 12.1 Å². The van der Waals surface area contributed by atoms with Crippen LogP contribution in [0.25, 0.3) is 10.9 Å². The number of rotatable bonds is 3. The number of aryl methyl sites for hydroxylation is 1. The average Bonchev–Trinajstić information content (AvgIpc) is 2.86. The molecule has 0 aliphatic carbocycles. The average molecular weight is 339 g/mol. The number of hydrogen-bond acceptors (Lipinski definition) is 4. The Morgan fingerprint density at radius 2 is 1.64 bits per heavy atom. The van der Waals surface area contributed by atoms with Gasteiger partial charge in [-0.2, -0.15) is 0 Å². The van der Waals surface area contributed by atoms with Crippen molar-refractivity contribution in [3.8, 4) is 11.5 Å². The van der Waals surface area contributed by atoms with E-state index in [1.54, 1.807) is 43.3 Å². The molecule has 6 nitrogen and oxygen atoms in total. The molecule has 1 aromatic heterocycles. The fourth-order valence-electron chi connectivity index (χ4n) is 2.78. The highest BCUT2D eigenvalue weighted by Gasteiger charge is 2.16. The minimum Gasteiger partial charge on any atom is -0.465 e. The van der Waals surface area contributed by atoms with Crippen molar-refractivity contribution in [2.75, 3.05) is 7.11 Å². The Morgan fingerprint density at radius 3 is 2.24 bits per heavy atom. The van der Waals surface area contributed by atoms with Gasteiger partial charge in [-0.25, -0.2) is 14.2 Å². The highest BCUT2D eigenvalue weighted by molar-refractivity contribution is 5.93. The van der Waals surface area contributed by atoms with Crippen LogP contribution in [0.3, 0.4) is 0 Å². The Hall–Kier alpha value is -3.28. The zero-order valence-electron chi connectivity index (χ0n) is 14.1. The predicted molar refractivity (Wildman–Crippen MR) is 92.7 cm³/mol. The van der Waals surface area contributed by atoms with E-state index in [0.29, 0.717) is 28.3 Å². The zero-order valence-corrected chi connectivity index (χ0v) is 14.1. The molecule has 0 aliphatic heterocycles. The molecule has 0 spiro atoms. The number of ether oxygens (including phenoxy) is 2. The van der Waals surface area contributed by atoms with Crippen LogP contribution in [-0.4, -0.2) is 28.8 Å². The van der Waals surface area contributed by atoms with Crippen molar-refractivity contribution < 1.29 is 24.2 Å². The monoisotopic (exact) mass is 339 g/mol. The van der Waals surface area contributed by atoms with Gasteiger partial charge in [0.25, 0.3) is 0 Å². The van der Waals surface area contributed by atoms with Crippen molar-refractivity contribution in [2.45, 2.75) is 13.8 Å². The van der Waals surface area contributed by atoms with Crippen molar-refractivity contribution >= 4 is 23.0 Å². The lowest BCUT2D eigenvalue weighted by molar-refractivity contribution is 0.0600. The lowest BCUT2D eigenvalue weighted by atomic mass is 10.1. The topological polar surface area (TPSA) is 77.8 Å². The fraction of sp³-hybridized carbons (Fsp3) is 0.158. The summed E-state index contributed by atoms with van der Waals surface area (Å²) in [5.74, 6) is 0.747. The number of carbonyl (C=O) groups excluding carboxylic acids is 1. The van der Waals surface area contributed by atoms with Gasteiger partial charge in [0.2, 0.25) is 0 Å². The van der Waals surface area contributed by atoms with Gasteiger partial charge in [0, 0.05) is 11.1 Å². The van der Waals surface area contributed by atoms with Crippen LogP contribution in [0.5, 0.6) is 11.5 Å². The molecular weight excluding hydrogens is 322 g/mol. The van der Waals surface area contributed by atoms with Gasteiger partial charge in [-0.05, 0) is 61.9 Å². The van der Waals surface area contributed by atoms with Gasteiger partial charge in [-0.1, -0.05) is 0 Å². The van der Waals surface area contributed by atoms with E-state index in [-0.39, 0.29) is 0 Å². The van der Waals surface area contributed by atoms with E-state index < -0.39 is 12.1 Å². The van der Waals surface area contributed by atoms with Crippen LogP contribution >= 0.6 is 0 Å². The second-order valence-electron chi connectivity index (χ2n) is 5.63. The summed E-state index contributed by atoms with van der Waals surface area (Å²) in [6, 6.07) is 11.8. The SMILES string of the molecule is COC(=O)c1ccc(Oc2ccc3c(c2)c(C)c(C)n3C(=O)O)cc1. The number of carbonyl (C=O) groups is 2. The van der Waals surface area contributed by atoms with Gasteiger partial charge in [0.15, 0.2) is 0 Å². The molecule has 6 heteroatoms. The quantitative estimate of drug-likeness (QED) is 0.717. The van der Waals surface area contributed by atoms with Gasteiger partial charge < -0.3 is 14.6 Å². The van der Waals surface area contributed by atoms with Crippen molar-refractivity contribution in [1.29, 1.82) is 0 Å². The number of nitrogens with zero attached hydrogens (tertiary/aromatic N) is 1. The maximum Gasteiger partial charge on any atom is 0.416 e. The molecule has 1 heterocycles. The van der Waals surface area contributed by atoms with Crippen LogP contribution in [0.15, 0.2) is 42.5 Å². The first kappa shape index (κ1) is 16.6. The summed E-state index contributed by atoms with van der Waals surface area (Å²) < 4.78 is 11.7.